The Morgan fingerprint density at radius 2 is 1.69 bits per heavy atom. The van der Waals surface area contributed by atoms with Crippen LogP contribution in [0.3, 0.4) is 0 Å². The Morgan fingerprint density at radius 1 is 0.938 bits per heavy atom. The van der Waals surface area contributed by atoms with Gasteiger partial charge < -0.3 is 19.2 Å². The zero-order chi connectivity index (χ0) is 21.8. The molecule has 0 saturated heterocycles. The van der Waals surface area contributed by atoms with Gasteiger partial charge in [-0.2, -0.15) is 0 Å². The molecule has 0 radical (unpaired) electrons. The van der Waals surface area contributed by atoms with E-state index in [-0.39, 0.29) is 24.8 Å². The lowest BCUT2D eigenvalue weighted by molar-refractivity contribution is 0.297. The molecule has 0 saturated carbocycles. The number of rotatable bonds is 7. The van der Waals surface area contributed by atoms with Gasteiger partial charge in [0.25, 0.3) is 0 Å². The van der Waals surface area contributed by atoms with Crippen molar-refractivity contribution in [2.75, 3.05) is 14.2 Å². The number of benzene rings is 3. The smallest absolute Gasteiger partial charge is 0.137 e. The predicted octanol–water partition coefficient (Wildman–Crippen LogP) is 6.66. The first-order valence-electron chi connectivity index (χ1n) is 9.52. The van der Waals surface area contributed by atoms with Crippen LogP contribution in [0.2, 0.25) is 0 Å². The lowest BCUT2D eigenvalue weighted by atomic mass is 10.1. The second-order valence-corrected chi connectivity index (χ2v) is 7.68. The van der Waals surface area contributed by atoms with E-state index in [9.17, 15) is 4.39 Å². The van der Waals surface area contributed by atoms with Gasteiger partial charge in [0.1, 0.15) is 35.5 Å². The van der Waals surface area contributed by atoms with Gasteiger partial charge in [0.05, 0.1) is 26.1 Å². The number of ether oxygens (including phenoxy) is 3. The van der Waals surface area contributed by atoms with Gasteiger partial charge in [-0.3, -0.25) is 0 Å². The number of halogens is 3. The molecule has 4 aromatic rings. The van der Waals surface area contributed by atoms with Crippen LogP contribution < -0.4 is 14.2 Å². The van der Waals surface area contributed by atoms with Gasteiger partial charge in [-0.1, -0.05) is 22.0 Å². The summed E-state index contributed by atoms with van der Waals surface area (Å²) in [5.74, 6) is 2.42. The van der Waals surface area contributed by atoms with E-state index >= 15 is 0 Å². The third-order valence-corrected chi connectivity index (χ3v) is 5.31. The van der Waals surface area contributed by atoms with Gasteiger partial charge in [0, 0.05) is 27.2 Å². The second-order valence-electron chi connectivity index (χ2n) is 6.76. The molecule has 8 heteroatoms. The Hall–Kier alpha value is -3.03. The van der Waals surface area contributed by atoms with E-state index in [0.29, 0.717) is 21.5 Å². The van der Waals surface area contributed by atoms with Crippen molar-refractivity contribution in [2.45, 2.75) is 6.61 Å². The summed E-state index contributed by atoms with van der Waals surface area (Å²) in [6.45, 7) is 0.118. The molecule has 3 aromatic carbocycles. The normalized spacial score (nSPS) is 10.4. The molecule has 4 rings (SSSR count). The number of H-pyrrole nitrogens is 1. The highest BCUT2D eigenvalue weighted by Gasteiger charge is 2.12. The fourth-order valence-corrected chi connectivity index (χ4v) is 3.47. The Bertz CT molecular complexity index is 1200. The fourth-order valence-electron chi connectivity index (χ4n) is 3.14. The molecular weight excluding hydrogens is 499 g/mol. The van der Waals surface area contributed by atoms with Crippen LogP contribution in [0.25, 0.3) is 22.6 Å². The molecule has 5 nitrogen and oxygen atoms in total. The van der Waals surface area contributed by atoms with Crippen LogP contribution >= 0.6 is 28.3 Å². The number of methoxy groups -OCH3 is 2. The maximum atomic E-state index is 14.0. The van der Waals surface area contributed by atoms with Crippen molar-refractivity contribution in [3.05, 3.63) is 82.7 Å². The molecule has 0 aliphatic rings. The number of aromatic amines is 1. The minimum atomic E-state index is -0.318. The fraction of sp³-hybridized carbons (Fsp3) is 0.125. The molecule has 166 valence electrons. The summed E-state index contributed by atoms with van der Waals surface area (Å²) >= 11 is 3.25. The van der Waals surface area contributed by atoms with Crippen molar-refractivity contribution in [1.29, 1.82) is 0 Å². The average Bonchev–Trinajstić information content (AvgIpc) is 3.28. The Labute approximate surface area is 200 Å². The van der Waals surface area contributed by atoms with Crippen molar-refractivity contribution in [3.63, 3.8) is 0 Å². The molecule has 0 atom stereocenters. The number of nitrogens with one attached hydrogen (secondary N) is 1. The molecule has 32 heavy (non-hydrogen) atoms. The van der Waals surface area contributed by atoms with E-state index in [1.807, 2.05) is 36.4 Å². The molecule has 0 amide bonds. The van der Waals surface area contributed by atoms with Crippen LogP contribution in [0.1, 0.15) is 5.56 Å². The zero-order valence-corrected chi connectivity index (χ0v) is 19.8. The number of aromatic nitrogens is 2. The minimum Gasteiger partial charge on any atom is -0.497 e. The summed E-state index contributed by atoms with van der Waals surface area (Å²) in [6, 6.07) is 18.0. The number of hydrogen-bond acceptors (Lipinski definition) is 4. The molecule has 1 N–H and O–H groups in total. The van der Waals surface area contributed by atoms with Crippen LogP contribution in [0.4, 0.5) is 4.39 Å². The molecule has 1 aromatic heterocycles. The van der Waals surface area contributed by atoms with Gasteiger partial charge in [-0.05, 0) is 48.5 Å². The van der Waals surface area contributed by atoms with E-state index in [1.54, 1.807) is 38.6 Å². The highest BCUT2D eigenvalue weighted by Crippen LogP contribution is 2.34. The first kappa shape index (κ1) is 23.6. The van der Waals surface area contributed by atoms with Crippen molar-refractivity contribution >= 4 is 28.3 Å². The molecule has 0 aliphatic heterocycles. The Kier molecular flexibility index (Phi) is 7.77. The first-order valence-corrected chi connectivity index (χ1v) is 10.3. The topological polar surface area (TPSA) is 56.4 Å². The van der Waals surface area contributed by atoms with Crippen molar-refractivity contribution in [2.24, 2.45) is 0 Å². The van der Waals surface area contributed by atoms with Crippen LogP contribution in [-0.2, 0) is 6.61 Å². The lowest BCUT2D eigenvalue weighted by Crippen LogP contribution is -1.99. The third-order valence-electron chi connectivity index (χ3n) is 4.81. The first-order chi connectivity index (χ1) is 15.1. The lowest BCUT2D eigenvalue weighted by Gasteiger charge is -2.11. The van der Waals surface area contributed by atoms with Gasteiger partial charge >= 0.3 is 0 Å². The standard InChI is InChI=1S/C24H20BrFN2O3.ClH/c1-29-18-7-4-15(5-8-18)24-27-13-22(28-24)20-10-9-19(12-23(20)30-2)31-14-16-3-6-17(25)11-21(16)26;/h3-13H,14H2,1-2H3,(H,27,28);1H. The maximum absolute atomic E-state index is 14.0. The summed E-state index contributed by atoms with van der Waals surface area (Å²) in [6.07, 6.45) is 1.76. The predicted molar refractivity (Wildman–Crippen MR) is 128 cm³/mol. The molecule has 0 unspecified atom stereocenters. The van der Waals surface area contributed by atoms with E-state index in [2.05, 4.69) is 25.9 Å². The van der Waals surface area contributed by atoms with E-state index in [0.717, 1.165) is 28.4 Å². The van der Waals surface area contributed by atoms with Crippen molar-refractivity contribution in [1.82, 2.24) is 9.97 Å². The highest BCUT2D eigenvalue weighted by atomic mass is 79.9. The van der Waals surface area contributed by atoms with Crippen molar-refractivity contribution in [3.8, 4) is 39.9 Å². The van der Waals surface area contributed by atoms with E-state index in [4.69, 9.17) is 14.2 Å². The van der Waals surface area contributed by atoms with Gasteiger partial charge in [0.15, 0.2) is 0 Å². The second kappa shape index (κ2) is 10.5. The number of hydrogen-bond donors (Lipinski definition) is 1. The molecule has 0 spiro atoms. The Morgan fingerprint density at radius 3 is 2.38 bits per heavy atom. The average molecular weight is 520 g/mol. The monoisotopic (exact) mass is 518 g/mol. The molecule has 0 bridgehead atoms. The quantitative estimate of drug-likeness (QED) is 0.296. The SMILES string of the molecule is COc1ccc(-c2ncc(-c3ccc(OCc4ccc(Br)cc4F)cc3OC)[nH]2)cc1.Cl. The van der Waals surface area contributed by atoms with Gasteiger partial charge in [0.2, 0.25) is 0 Å². The number of imidazole rings is 1. The summed E-state index contributed by atoms with van der Waals surface area (Å²) in [5.41, 5.74) is 3.08. The molecule has 0 fully saturated rings. The van der Waals surface area contributed by atoms with Crippen molar-refractivity contribution < 1.29 is 18.6 Å². The van der Waals surface area contributed by atoms with E-state index < -0.39 is 0 Å². The van der Waals surface area contributed by atoms with Crippen LogP contribution in [0.15, 0.2) is 71.3 Å². The summed E-state index contributed by atoms with van der Waals surface area (Å²) in [7, 11) is 3.23. The number of nitrogens with zero attached hydrogens (tertiary/aromatic N) is 1. The summed E-state index contributed by atoms with van der Waals surface area (Å²) < 4.78 is 31.2. The minimum absolute atomic E-state index is 0. The largest absolute Gasteiger partial charge is 0.497 e. The molecule has 1 heterocycles. The van der Waals surface area contributed by atoms with Crippen LogP contribution in [0, 0.1) is 5.82 Å². The zero-order valence-electron chi connectivity index (χ0n) is 17.4. The van der Waals surface area contributed by atoms with Crippen LogP contribution in [-0.4, -0.2) is 24.2 Å². The van der Waals surface area contributed by atoms with Crippen LogP contribution in [0.5, 0.6) is 17.2 Å². The highest BCUT2D eigenvalue weighted by molar-refractivity contribution is 9.10. The van der Waals surface area contributed by atoms with E-state index in [1.165, 1.54) is 6.07 Å². The van der Waals surface area contributed by atoms with Gasteiger partial charge in [-0.15, -0.1) is 12.4 Å². The summed E-state index contributed by atoms with van der Waals surface area (Å²) in [5, 5.41) is 0. The Balaban J connectivity index is 0.00000289. The third kappa shape index (κ3) is 5.23. The molecule has 0 aliphatic carbocycles. The van der Waals surface area contributed by atoms with Gasteiger partial charge in [-0.25, -0.2) is 9.37 Å². The summed E-state index contributed by atoms with van der Waals surface area (Å²) in [4.78, 5) is 7.80. The maximum Gasteiger partial charge on any atom is 0.137 e. The molecular formula is C24H21BrClFN2O3.